The van der Waals surface area contributed by atoms with Crippen LogP contribution in [0.2, 0.25) is 0 Å². The fourth-order valence-electron chi connectivity index (χ4n) is 2.76. The van der Waals surface area contributed by atoms with Crippen molar-refractivity contribution in [2.24, 2.45) is 5.92 Å². The standard InChI is InChI=1S/C23H28BrFN2O2S/c1-16(2)12-26-23(29)17(3)27(13-19-6-4-5-7-21(19)25)22(28)15-30-14-18-8-10-20(24)11-9-18/h4-11,16-17H,12-15H2,1-3H3,(H,26,29)/t17-/m0/s1. The molecule has 0 saturated carbocycles. The monoisotopic (exact) mass is 494 g/mol. The second-order valence-corrected chi connectivity index (χ2v) is 9.45. The van der Waals surface area contributed by atoms with Gasteiger partial charge in [-0.1, -0.05) is 60.1 Å². The van der Waals surface area contributed by atoms with E-state index in [1.807, 2.05) is 38.1 Å². The van der Waals surface area contributed by atoms with Gasteiger partial charge in [0.2, 0.25) is 11.8 Å². The van der Waals surface area contributed by atoms with Crippen molar-refractivity contribution in [1.82, 2.24) is 10.2 Å². The average molecular weight is 495 g/mol. The molecule has 4 nitrogen and oxygen atoms in total. The van der Waals surface area contributed by atoms with Gasteiger partial charge in [-0.05, 0) is 36.6 Å². The Morgan fingerprint density at radius 2 is 1.77 bits per heavy atom. The first-order valence-corrected chi connectivity index (χ1v) is 11.9. The number of nitrogens with zero attached hydrogens (tertiary/aromatic N) is 1. The molecule has 0 bridgehead atoms. The van der Waals surface area contributed by atoms with E-state index in [-0.39, 0.29) is 29.9 Å². The molecule has 2 aromatic carbocycles. The van der Waals surface area contributed by atoms with Crippen LogP contribution in [0, 0.1) is 11.7 Å². The molecule has 0 radical (unpaired) electrons. The summed E-state index contributed by atoms with van der Waals surface area (Å²) in [5.74, 6) is 0.400. The van der Waals surface area contributed by atoms with Gasteiger partial charge in [0.05, 0.1) is 5.75 Å². The minimum atomic E-state index is -0.691. The molecule has 0 heterocycles. The van der Waals surface area contributed by atoms with Gasteiger partial charge >= 0.3 is 0 Å². The lowest BCUT2D eigenvalue weighted by molar-refractivity contribution is -0.138. The molecule has 1 atom stereocenters. The highest BCUT2D eigenvalue weighted by Crippen LogP contribution is 2.18. The van der Waals surface area contributed by atoms with E-state index < -0.39 is 6.04 Å². The van der Waals surface area contributed by atoms with Gasteiger partial charge in [-0.25, -0.2) is 4.39 Å². The minimum absolute atomic E-state index is 0.0562. The van der Waals surface area contributed by atoms with E-state index in [2.05, 4.69) is 21.2 Å². The number of hydrogen-bond acceptors (Lipinski definition) is 3. The van der Waals surface area contributed by atoms with Crippen LogP contribution in [-0.4, -0.2) is 35.1 Å². The zero-order chi connectivity index (χ0) is 22.1. The maximum Gasteiger partial charge on any atom is 0.242 e. The summed E-state index contributed by atoms with van der Waals surface area (Å²) in [4.78, 5) is 27.0. The molecule has 0 aliphatic rings. The third-order valence-corrected chi connectivity index (χ3v) is 6.08. The van der Waals surface area contributed by atoms with Gasteiger partial charge in [0, 0.05) is 28.9 Å². The van der Waals surface area contributed by atoms with Crippen molar-refractivity contribution in [3.8, 4) is 0 Å². The largest absolute Gasteiger partial charge is 0.354 e. The van der Waals surface area contributed by atoms with E-state index in [1.165, 1.54) is 22.7 Å². The van der Waals surface area contributed by atoms with Crippen LogP contribution >= 0.6 is 27.7 Å². The van der Waals surface area contributed by atoms with Crippen molar-refractivity contribution in [2.75, 3.05) is 12.3 Å². The van der Waals surface area contributed by atoms with Crippen molar-refractivity contribution in [3.05, 3.63) is 69.9 Å². The molecule has 30 heavy (non-hydrogen) atoms. The Hall–Kier alpha value is -1.86. The molecule has 2 amide bonds. The molecule has 7 heteroatoms. The quantitative estimate of drug-likeness (QED) is 0.504. The summed E-state index contributed by atoms with van der Waals surface area (Å²) in [7, 11) is 0. The highest BCUT2D eigenvalue weighted by molar-refractivity contribution is 9.10. The lowest BCUT2D eigenvalue weighted by Gasteiger charge is -2.29. The van der Waals surface area contributed by atoms with Crippen LogP contribution in [0.25, 0.3) is 0 Å². The SMILES string of the molecule is CC(C)CNC(=O)[C@H](C)N(Cc1ccccc1F)C(=O)CSCc1ccc(Br)cc1. The van der Waals surface area contributed by atoms with Crippen LogP contribution in [0.3, 0.4) is 0 Å². The first-order chi connectivity index (χ1) is 14.3. The number of nitrogens with one attached hydrogen (secondary N) is 1. The van der Waals surface area contributed by atoms with E-state index in [1.54, 1.807) is 25.1 Å². The van der Waals surface area contributed by atoms with Crippen LogP contribution in [0.5, 0.6) is 0 Å². The predicted molar refractivity (Wildman–Crippen MR) is 125 cm³/mol. The van der Waals surface area contributed by atoms with Crippen LogP contribution in [0.1, 0.15) is 31.9 Å². The van der Waals surface area contributed by atoms with Crippen LogP contribution in [0.4, 0.5) is 4.39 Å². The Morgan fingerprint density at radius 1 is 1.10 bits per heavy atom. The van der Waals surface area contributed by atoms with E-state index in [4.69, 9.17) is 0 Å². The molecular formula is C23H28BrFN2O2S. The van der Waals surface area contributed by atoms with Crippen LogP contribution < -0.4 is 5.32 Å². The normalized spacial score (nSPS) is 11.9. The van der Waals surface area contributed by atoms with Crippen molar-refractivity contribution in [3.63, 3.8) is 0 Å². The maximum absolute atomic E-state index is 14.2. The van der Waals surface area contributed by atoms with Crippen molar-refractivity contribution >= 4 is 39.5 Å². The summed E-state index contributed by atoms with van der Waals surface area (Å²) >= 11 is 4.89. The zero-order valence-corrected chi connectivity index (χ0v) is 19.9. The third kappa shape index (κ3) is 7.76. The summed E-state index contributed by atoms with van der Waals surface area (Å²) in [6, 6.07) is 13.6. The highest BCUT2D eigenvalue weighted by Gasteiger charge is 2.26. The number of benzene rings is 2. The molecule has 0 aliphatic heterocycles. The van der Waals surface area contributed by atoms with Gasteiger partial charge in [-0.15, -0.1) is 11.8 Å². The van der Waals surface area contributed by atoms with Gasteiger partial charge in [0.15, 0.2) is 0 Å². The first-order valence-electron chi connectivity index (χ1n) is 9.90. The molecule has 0 saturated heterocycles. The smallest absolute Gasteiger partial charge is 0.242 e. The lowest BCUT2D eigenvalue weighted by atomic mass is 10.1. The zero-order valence-electron chi connectivity index (χ0n) is 17.5. The fraction of sp³-hybridized carbons (Fsp3) is 0.391. The number of halogens is 2. The molecule has 0 aliphatic carbocycles. The van der Waals surface area contributed by atoms with Crippen molar-refractivity contribution in [1.29, 1.82) is 0 Å². The summed E-state index contributed by atoms with van der Waals surface area (Å²) < 4.78 is 15.2. The molecule has 0 aromatic heterocycles. The van der Waals surface area contributed by atoms with Crippen molar-refractivity contribution in [2.45, 2.75) is 39.1 Å². The predicted octanol–water partition coefficient (Wildman–Crippen LogP) is 5.01. The number of thioether (sulfide) groups is 1. The molecule has 162 valence electrons. The number of carbonyl (C=O) groups is 2. The lowest BCUT2D eigenvalue weighted by Crippen LogP contribution is -2.48. The number of rotatable bonds is 10. The number of carbonyl (C=O) groups excluding carboxylic acids is 2. The molecule has 2 aromatic rings. The molecule has 0 unspecified atom stereocenters. The van der Waals surface area contributed by atoms with Gasteiger partial charge in [-0.2, -0.15) is 0 Å². The summed E-state index contributed by atoms with van der Waals surface area (Å²) in [5, 5.41) is 2.87. The average Bonchev–Trinajstić information content (AvgIpc) is 2.72. The number of amides is 2. The van der Waals surface area contributed by atoms with E-state index in [0.29, 0.717) is 23.8 Å². The Morgan fingerprint density at radius 3 is 2.40 bits per heavy atom. The Bertz CT molecular complexity index is 845. The summed E-state index contributed by atoms with van der Waals surface area (Å²) in [5.41, 5.74) is 1.51. The van der Waals surface area contributed by atoms with E-state index in [0.717, 1.165) is 10.0 Å². The maximum atomic E-state index is 14.2. The Labute approximate surface area is 190 Å². The molecule has 0 fully saturated rings. The van der Waals surface area contributed by atoms with Crippen LogP contribution in [-0.2, 0) is 21.9 Å². The van der Waals surface area contributed by atoms with Crippen molar-refractivity contribution < 1.29 is 14.0 Å². The van der Waals surface area contributed by atoms with E-state index >= 15 is 0 Å². The fourth-order valence-corrected chi connectivity index (χ4v) is 3.90. The molecule has 2 rings (SSSR count). The van der Waals surface area contributed by atoms with Gasteiger partial charge in [0.1, 0.15) is 11.9 Å². The Kier molecular flexibility index (Phi) is 9.85. The first kappa shape index (κ1) is 24.4. The molecule has 1 N–H and O–H groups in total. The van der Waals surface area contributed by atoms with Crippen LogP contribution in [0.15, 0.2) is 53.0 Å². The summed E-state index contributed by atoms with van der Waals surface area (Å²) in [6.45, 7) is 6.29. The molecular weight excluding hydrogens is 467 g/mol. The van der Waals surface area contributed by atoms with Gasteiger partial charge in [-0.3, -0.25) is 9.59 Å². The topological polar surface area (TPSA) is 49.4 Å². The van der Waals surface area contributed by atoms with Gasteiger partial charge < -0.3 is 10.2 Å². The molecule has 0 spiro atoms. The summed E-state index contributed by atoms with van der Waals surface area (Å²) in [6.07, 6.45) is 0. The second kappa shape index (κ2) is 12.1. The minimum Gasteiger partial charge on any atom is -0.354 e. The second-order valence-electron chi connectivity index (χ2n) is 7.55. The van der Waals surface area contributed by atoms with E-state index in [9.17, 15) is 14.0 Å². The number of hydrogen-bond donors (Lipinski definition) is 1. The Balaban J connectivity index is 2.06. The highest BCUT2D eigenvalue weighted by atomic mass is 79.9. The van der Waals surface area contributed by atoms with Gasteiger partial charge in [0.25, 0.3) is 0 Å². The third-order valence-electron chi connectivity index (χ3n) is 4.56.